The van der Waals surface area contributed by atoms with E-state index in [0.29, 0.717) is 54.8 Å². The summed E-state index contributed by atoms with van der Waals surface area (Å²) in [6, 6.07) is 7.68. The molecule has 2 atom stereocenters. The molecule has 0 spiro atoms. The Morgan fingerprint density at radius 1 is 1.18 bits per heavy atom. The van der Waals surface area contributed by atoms with Crippen molar-refractivity contribution in [2.24, 2.45) is 0 Å². The Kier molecular flexibility index (Phi) is 7.42. The lowest BCUT2D eigenvalue weighted by molar-refractivity contribution is -0.134. The van der Waals surface area contributed by atoms with Crippen LogP contribution in [0.15, 0.2) is 29.2 Å². The summed E-state index contributed by atoms with van der Waals surface area (Å²) in [6.07, 6.45) is 3.33. The number of nitrogens with zero attached hydrogens (tertiary/aromatic N) is 2. The Morgan fingerprint density at radius 3 is 2.54 bits per heavy atom. The van der Waals surface area contributed by atoms with E-state index < -0.39 is 10.0 Å². The van der Waals surface area contributed by atoms with Crippen LogP contribution < -0.4 is 0 Å². The van der Waals surface area contributed by atoms with E-state index in [4.69, 9.17) is 4.74 Å². The molecule has 156 valence electrons. The lowest BCUT2D eigenvalue weighted by Gasteiger charge is -2.39. The number of amides is 1. The number of hydrogen-bond donors (Lipinski definition) is 0. The fraction of sp³-hybridized carbons (Fsp3) is 0.650. The molecule has 1 aromatic rings. The lowest BCUT2D eigenvalue weighted by Crippen LogP contribution is -2.48. The van der Waals surface area contributed by atoms with Crippen LogP contribution in [0.3, 0.4) is 0 Å². The zero-order valence-corrected chi connectivity index (χ0v) is 18.3. The van der Waals surface area contributed by atoms with Crippen molar-refractivity contribution in [1.29, 1.82) is 0 Å². The van der Waals surface area contributed by atoms with Gasteiger partial charge in [0.25, 0.3) is 0 Å². The number of thioether (sulfide) groups is 1. The van der Waals surface area contributed by atoms with Gasteiger partial charge in [-0.15, -0.1) is 11.8 Å². The smallest absolute Gasteiger partial charge is 0.243 e. The molecule has 3 rings (SSSR count). The highest BCUT2D eigenvalue weighted by molar-refractivity contribution is 7.99. The maximum absolute atomic E-state index is 12.8. The summed E-state index contributed by atoms with van der Waals surface area (Å²) in [5, 5.41) is 0. The molecule has 0 N–H and O–H groups in total. The Balaban J connectivity index is 1.58. The summed E-state index contributed by atoms with van der Waals surface area (Å²) in [5.74, 6) is 1.23. The number of carbonyl (C=O) groups excluding carboxylic acids is 1. The Morgan fingerprint density at radius 2 is 1.86 bits per heavy atom. The highest BCUT2D eigenvalue weighted by atomic mass is 32.2. The molecule has 2 aliphatic heterocycles. The molecule has 1 amide bonds. The Hall–Kier alpha value is -1.09. The molecule has 6 nitrogen and oxygen atoms in total. The van der Waals surface area contributed by atoms with Crippen molar-refractivity contribution in [3.63, 3.8) is 0 Å². The van der Waals surface area contributed by atoms with Gasteiger partial charge in [-0.3, -0.25) is 4.79 Å². The molecular formula is C20H30N2O4S2. The van der Waals surface area contributed by atoms with Crippen LogP contribution in [0.4, 0.5) is 0 Å². The minimum Gasteiger partial charge on any atom is -0.379 e. The van der Waals surface area contributed by atoms with Crippen LogP contribution in [0.5, 0.6) is 0 Å². The number of carbonyl (C=O) groups is 1. The molecule has 2 heterocycles. The Labute approximate surface area is 172 Å². The van der Waals surface area contributed by atoms with E-state index in [0.717, 1.165) is 18.4 Å². The largest absolute Gasteiger partial charge is 0.379 e. The van der Waals surface area contributed by atoms with Crippen LogP contribution in [0, 0.1) is 0 Å². The SMILES string of the molecule is CC1CCCC(C)N1C(=O)CSCc1cccc(S(=O)(=O)N2CCOCC2)c1. The summed E-state index contributed by atoms with van der Waals surface area (Å²) >= 11 is 1.55. The molecule has 28 heavy (non-hydrogen) atoms. The Bertz CT molecular complexity index is 768. The van der Waals surface area contributed by atoms with E-state index in [1.54, 1.807) is 30.0 Å². The van der Waals surface area contributed by atoms with Crippen molar-refractivity contribution < 1.29 is 17.9 Å². The van der Waals surface area contributed by atoms with Gasteiger partial charge in [0.05, 0.1) is 23.9 Å². The third-order valence-corrected chi connectivity index (χ3v) is 8.37. The first-order chi connectivity index (χ1) is 13.4. The minimum atomic E-state index is -3.49. The van der Waals surface area contributed by atoms with Gasteiger partial charge in [-0.2, -0.15) is 4.31 Å². The zero-order chi connectivity index (χ0) is 20.1. The number of benzene rings is 1. The van der Waals surface area contributed by atoms with Gasteiger partial charge < -0.3 is 9.64 Å². The van der Waals surface area contributed by atoms with Crippen LogP contribution in [-0.4, -0.2) is 67.7 Å². The number of likely N-dealkylation sites (tertiary alicyclic amines) is 1. The highest BCUT2D eigenvalue weighted by Crippen LogP contribution is 2.25. The normalized spacial score (nSPS) is 24.3. The first kappa shape index (κ1) is 21.6. The van der Waals surface area contributed by atoms with Crippen molar-refractivity contribution in [2.75, 3.05) is 32.1 Å². The van der Waals surface area contributed by atoms with Crippen LogP contribution in [0.2, 0.25) is 0 Å². The maximum atomic E-state index is 12.8. The molecule has 1 aromatic carbocycles. The molecule has 2 saturated heterocycles. The van der Waals surface area contributed by atoms with Gasteiger partial charge in [-0.05, 0) is 50.8 Å². The van der Waals surface area contributed by atoms with Crippen LogP contribution in [-0.2, 0) is 25.3 Å². The molecule has 0 radical (unpaired) electrons. The van der Waals surface area contributed by atoms with Gasteiger partial charge in [-0.1, -0.05) is 12.1 Å². The summed E-state index contributed by atoms with van der Waals surface area (Å²) in [7, 11) is -3.49. The highest BCUT2D eigenvalue weighted by Gasteiger charge is 2.29. The van der Waals surface area contributed by atoms with E-state index >= 15 is 0 Å². The number of piperidine rings is 1. The van der Waals surface area contributed by atoms with Gasteiger partial charge in [0, 0.05) is 30.9 Å². The van der Waals surface area contributed by atoms with Crippen molar-refractivity contribution in [1.82, 2.24) is 9.21 Å². The van der Waals surface area contributed by atoms with E-state index in [-0.39, 0.29) is 5.91 Å². The first-order valence-electron chi connectivity index (χ1n) is 9.95. The standard InChI is InChI=1S/C20H30N2O4S2/c1-16-5-3-6-17(2)22(16)20(23)15-27-14-18-7-4-8-19(13-18)28(24,25)21-9-11-26-12-10-21/h4,7-8,13,16-17H,3,5-6,9-12,14-15H2,1-2H3. The molecule has 0 aliphatic carbocycles. The number of hydrogen-bond acceptors (Lipinski definition) is 5. The van der Waals surface area contributed by atoms with Gasteiger partial charge in [0.1, 0.15) is 0 Å². The topological polar surface area (TPSA) is 66.9 Å². The lowest BCUT2D eigenvalue weighted by atomic mass is 9.98. The van der Waals surface area contributed by atoms with E-state index in [1.165, 1.54) is 10.7 Å². The fourth-order valence-electron chi connectivity index (χ4n) is 3.98. The van der Waals surface area contributed by atoms with Gasteiger partial charge in [0.15, 0.2) is 0 Å². The summed E-state index contributed by atoms with van der Waals surface area (Å²) in [5.41, 5.74) is 0.923. The third-order valence-electron chi connectivity index (χ3n) is 5.48. The molecule has 0 saturated carbocycles. The number of ether oxygens (including phenoxy) is 1. The second-order valence-corrected chi connectivity index (χ2v) is 10.5. The second-order valence-electron chi connectivity index (χ2n) is 7.59. The monoisotopic (exact) mass is 426 g/mol. The van der Waals surface area contributed by atoms with Crippen molar-refractivity contribution in [2.45, 2.75) is 55.8 Å². The molecule has 2 aliphatic rings. The summed E-state index contributed by atoms with van der Waals surface area (Å²) in [6.45, 7) is 5.90. The molecule has 2 fully saturated rings. The van der Waals surface area contributed by atoms with E-state index in [1.807, 2.05) is 11.0 Å². The predicted molar refractivity (Wildman–Crippen MR) is 112 cm³/mol. The molecule has 0 aromatic heterocycles. The van der Waals surface area contributed by atoms with Crippen molar-refractivity contribution in [3.8, 4) is 0 Å². The van der Waals surface area contributed by atoms with Crippen LogP contribution in [0.25, 0.3) is 0 Å². The third kappa shape index (κ3) is 5.09. The van der Waals surface area contributed by atoms with Crippen LogP contribution >= 0.6 is 11.8 Å². The van der Waals surface area contributed by atoms with E-state index in [9.17, 15) is 13.2 Å². The molecule has 2 unspecified atom stereocenters. The number of sulfonamides is 1. The average Bonchev–Trinajstić information content (AvgIpc) is 2.69. The first-order valence-corrected chi connectivity index (χ1v) is 12.5. The molecular weight excluding hydrogens is 396 g/mol. The van der Waals surface area contributed by atoms with Crippen molar-refractivity contribution in [3.05, 3.63) is 29.8 Å². The maximum Gasteiger partial charge on any atom is 0.243 e. The number of morpholine rings is 1. The fourth-order valence-corrected chi connectivity index (χ4v) is 6.30. The zero-order valence-electron chi connectivity index (χ0n) is 16.7. The van der Waals surface area contributed by atoms with Crippen LogP contribution in [0.1, 0.15) is 38.7 Å². The molecule has 8 heteroatoms. The van der Waals surface area contributed by atoms with Gasteiger partial charge in [0.2, 0.25) is 15.9 Å². The van der Waals surface area contributed by atoms with Gasteiger partial charge in [-0.25, -0.2) is 8.42 Å². The predicted octanol–water partition coefficient (Wildman–Crippen LogP) is 2.73. The number of rotatable bonds is 6. The summed E-state index contributed by atoms with van der Waals surface area (Å²) in [4.78, 5) is 15.0. The molecule has 0 bridgehead atoms. The average molecular weight is 427 g/mol. The van der Waals surface area contributed by atoms with Crippen molar-refractivity contribution >= 4 is 27.7 Å². The quantitative estimate of drug-likeness (QED) is 0.700. The summed E-state index contributed by atoms with van der Waals surface area (Å²) < 4.78 is 32.3. The van der Waals surface area contributed by atoms with Gasteiger partial charge >= 0.3 is 0 Å². The second kappa shape index (κ2) is 9.61. The van der Waals surface area contributed by atoms with E-state index in [2.05, 4.69) is 13.8 Å². The minimum absolute atomic E-state index is 0.182.